The number of carbonyl (C=O) groups is 5. The van der Waals surface area contributed by atoms with Crippen LogP contribution in [-0.2, 0) is 32.7 Å². The first-order valence-corrected chi connectivity index (χ1v) is 22.2. The second kappa shape index (κ2) is 17.2. The molecule has 0 radical (unpaired) electrons. The number of carbonyl (C=O) groups excluding carboxylic acids is 5. The van der Waals surface area contributed by atoms with E-state index >= 15 is 0 Å². The van der Waals surface area contributed by atoms with E-state index in [1.54, 1.807) is 57.3 Å². The summed E-state index contributed by atoms with van der Waals surface area (Å²) in [5.41, 5.74) is 2.91. The Morgan fingerprint density at radius 2 is 1.58 bits per heavy atom. The minimum Gasteiger partial charge on any atom is -0.496 e. The number of hydrogen-bond acceptors (Lipinski definition) is 13. The van der Waals surface area contributed by atoms with Crippen molar-refractivity contribution in [1.82, 2.24) is 29.6 Å². The number of nitrogens with one attached hydrogen (secondary N) is 1. The van der Waals surface area contributed by atoms with Crippen LogP contribution in [0.5, 0.6) is 17.2 Å². The lowest BCUT2D eigenvalue weighted by Crippen LogP contribution is -2.55. The molecular formula is C48H55N7O10. The third-order valence-corrected chi connectivity index (χ3v) is 14.2. The first kappa shape index (κ1) is 43.9. The van der Waals surface area contributed by atoms with Crippen molar-refractivity contribution in [1.29, 1.82) is 0 Å². The predicted octanol–water partition coefficient (Wildman–Crippen LogP) is 3.77. The van der Waals surface area contributed by atoms with Crippen LogP contribution in [0.1, 0.15) is 71.2 Å². The lowest BCUT2D eigenvalue weighted by atomic mass is 9.61. The number of aryl methyl sites for hydroxylation is 1. The van der Waals surface area contributed by atoms with E-state index in [2.05, 4.69) is 15.2 Å². The molecule has 17 nitrogen and oxygen atoms in total. The molecule has 0 bridgehead atoms. The Kier molecular flexibility index (Phi) is 11.6. The third kappa shape index (κ3) is 7.98. The van der Waals surface area contributed by atoms with Crippen LogP contribution in [0.2, 0.25) is 0 Å². The number of anilines is 1. The predicted molar refractivity (Wildman–Crippen MR) is 239 cm³/mol. The molecule has 1 N–H and O–H groups in total. The molecule has 17 heteroatoms. The Morgan fingerprint density at radius 1 is 0.877 bits per heavy atom. The van der Waals surface area contributed by atoms with E-state index in [1.807, 2.05) is 48.3 Å². The Hall–Kier alpha value is -6.33. The Labute approximate surface area is 376 Å². The van der Waals surface area contributed by atoms with Gasteiger partial charge in [-0.3, -0.25) is 43.9 Å². The number of benzene rings is 2. The molecule has 4 aromatic rings. The minimum atomic E-state index is -1.02. The van der Waals surface area contributed by atoms with Crippen LogP contribution in [-0.4, -0.2) is 134 Å². The molecule has 342 valence electrons. The number of likely N-dealkylation sites (tertiary alicyclic amines) is 2. The van der Waals surface area contributed by atoms with Gasteiger partial charge in [-0.05, 0) is 92.4 Å². The van der Waals surface area contributed by atoms with E-state index in [9.17, 15) is 28.8 Å². The monoisotopic (exact) mass is 889 g/mol. The first-order valence-electron chi connectivity index (χ1n) is 22.2. The number of methoxy groups -OCH3 is 3. The topological polar surface area (TPSA) is 182 Å². The third-order valence-electron chi connectivity index (χ3n) is 14.2. The second-order valence-corrected chi connectivity index (χ2v) is 18.3. The van der Waals surface area contributed by atoms with Gasteiger partial charge in [0.05, 0.1) is 54.4 Å². The summed E-state index contributed by atoms with van der Waals surface area (Å²) in [5.74, 6) is 0.202. The molecule has 4 fully saturated rings. The normalized spacial score (nSPS) is 22.2. The van der Waals surface area contributed by atoms with Crippen LogP contribution in [0.15, 0.2) is 53.6 Å². The lowest BCUT2D eigenvalue weighted by Gasteiger charge is -2.52. The zero-order valence-corrected chi connectivity index (χ0v) is 37.7. The summed E-state index contributed by atoms with van der Waals surface area (Å²) in [6, 6.07) is 9.69. The molecule has 5 amide bonds. The number of piperidine rings is 3. The maximum atomic E-state index is 14.1. The van der Waals surface area contributed by atoms with E-state index in [0.29, 0.717) is 61.8 Å². The number of aromatic nitrogens is 2. The fraction of sp³-hybridized carbons (Fsp3) is 0.479. The number of imide groups is 2. The van der Waals surface area contributed by atoms with Gasteiger partial charge in [0.15, 0.2) is 0 Å². The van der Waals surface area contributed by atoms with Crippen LogP contribution in [0.25, 0.3) is 21.9 Å². The van der Waals surface area contributed by atoms with Crippen molar-refractivity contribution in [3.63, 3.8) is 0 Å². The number of amides is 5. The van der Waals surface area contributed by atoms with Crippen molar-refractivity contribution in [2.24, 2.45) is 18.4 Å². The molecule has 9 rings (SSSR count). The molecule has 1 saturated carbocycles. The van der Waals surface area contributed by atoms with Gasteiger partial charge >= 0.3 is 0 Å². The summed E-state index contributed by atoms with van der Waals surface area (Å²) in [6.45, 7) is 3.08. The van der Waals surface area contributed by atoms with E-state index in [-0.39, 0.29) is 59.0 Å². The van der Waals surface area contributed by atoms with Gasteiger partial charge in [0.1, 0.15) is 29.1 Å². The van der Waals surface area contributed by atoms with Crippen molar-refractivity contribution in [2.45, 2.75) is 69.7 Å². The summed E-state index contributed by atoms with van der Waals surface area (Å²) < 4.78 is 25.9. The minimum absolute atomic E-state index is 0.0587. The van der Waals surface area contributed by atoms with E-state index in [0.717, 1.165) is 58.5 Å². The van der Waals surface area contributed by atoms with Gasteiger partial charge in [0.25, 0.3) is 17.4 Å². The van der Waals surface area contributed by atoms with Crippen molar-refractivity contribution < 1.29 is 42.9 Å². The molecule has 1 aliphatic carbocycles. The van der Waals surface area contributed by atoms with Gasteiger partial charge in [0.2, 0.25) is 17.7 Å². The maximum Gasteiger partial charge on any atom is 0.262 e. The number of nitrogens with zero attached hydrogens (tertiary/aromatic N) is 6. The van der Waals surface area contributed by atoms with Gasteiger partial charge in [0, 0.05) is 84.2 Å². The average Bonchev–Trinajstić information content (AvgIpc) is 3.54. The van der Waals surface area contributed by atoms with Crippen LogP contribution in [0, 0.1) is 11.3 Å². The van der Waals surface area contributed by atoms with Gasteiger partial charge in [-0.1, -0.05) is 0 Å². The highest BCUT2D eigenvalue weighted by Gasteiger charge is 2.49. The maximum absolute atomic E-state index is 14.1. The SMILES string of the molecule is COc1cc(-c2cn(C)c(=O)c3cnc(N(C)C)cc23)cc(OC)c1CN1CCC(C(=O)N2CCC3(CC2)CC(Oc2ccc4c(c2)C(=O)N(C2CCC(=O)NC2=O)C4=O)C3)C(OC)C1. The van der Waals surface area contributed by atoms with Crippen molar-refractivity contribution in [3.8, 4) is 28.4 Å². The average molecular weight is 890 g/mol. The molecule has 5 aliphatic rings. The Bertz CT molecular complexity index is 2640. The van der Waals surface area contributed by atoms with Crippen LogP contribution >= 0.6 is 0 Å². The highest BCUT2D eigenvalue weighted by Crippen LogP contribution is 2.51. The summed E-state index contributed by atoms with van der Waals surface area (Å²) >= 11 is 0. The van der Waals surface area contributed by atoms with Gasteiger partial charge < -0.3 is 33.3 Å². The fourth-order valence-electron chi connectivity index (χ4n) is 10.5. The fourth-order valence-corrected chi connectivity index (χ4v) is 10.5. The lowest BCUT2D eigenvalue weighted by molar-refractivity contribution is -0.149. The first-order chi connectivity index (χ1) is 31.2. The second-order valence-electron chi connectivity index (χ2n) is 18.3. The number of rotatable bonds is 11. The molecule has 2 aromatic carbocycles. The molecule has 4 aliphatic heterocycles. The smallest absolute Gasteiger partial charge is 0.262 e. The molecule has 65 heavy (non-hydrogen) atoms. The molecule has 1 spiro atoms. The molecule has 2 aromatic heterocycles. The number of pyridine rings is 2. The quantitative estimate of drug-likeness (QED) is 0.215. The van der Waals surface area contributed by atoms with Crippen LogP contribution < -0.4 is 30.0 Å². The van der Waals surface area contributed by atoms with Gasteiger partial charge in [-0.2, -0.15) is 0 Å². The number of fused-ring (bicyclic) bond motifs is 2. The molecule has 3 unspecified atom stereocenters. The largest absolute Gasteiger partial charge is 0.496 e. The standard InChI is InChI=1S/C48H55N7O10/c1-51(2)41-20-32-34(23-49-41)44(58)52(3)24-35(32)27-17-38(62-4)36(39(18-27)63-5)25-53-14-11-31(40(26-53)64-6)45(59)54-15-12-48(13-16-54)21-29(22-48)65-28-7-8-30-33(19-28)47(61)55(46(30)60)37-9-10-42(56)50-43(37)57/h7-8,17-20,23-24,29,31,37,40H,9-16,21-22,25-26H2,1-6H3,(H,50,56,57). The van der Waals surface area contributed by atoms with Crippen molar-refractivity contribution in [3.05, 3.63) is 75.8 Å². The van der Waals surface area contributed by atoms with Gasteiger partial charge in [-0.25, -0.2) is 4.98 Å². The molecular weight excluding hydrogens is 835 g/mol. The molecule has 3 atom stereocenters. The highest BCUT2D eigenvalue weighted by molar-refractivity contribution is 6.23. The Morgan fingerprint density at radius 3 is 2.25 bits per heavy atom. The van der Waals surface area contributed by atoms with Crippen molar-refractivity contribution >= 4 is 46.1 Å². The Balaban J connectivity index is 0.804. The summed E-state index contributed by atoms with van der Waals surface area (Å²) in [7, 11) is 10.5. The molecule has 3 saturated heterocycles. The summed E-state index contributed by atoms with van der Waals surface area (Å²) in [4.78, 5) is 89.4. The zero-order valence-electron chi connectivity index (χ0n) is 37.7. The van der Waals surface area contributed by atoms with Crippen molar-refractivity contribution in [2.75, 3.05) is 66.5 Å². The summed E-state index contributed by atoms with van der Waals surface area (Å²) in [5, 5.41) is 3.52. The van der Waals surface area contributed by atoms with Crippen LogP contribution in [0.4, 0.5) is 5.82 Å². The van der Waals surface area contributed by atoms with E-state index in [1.165, 1.54) is 0 Å². The van der Waals surface area contributed by atoms with Gasteiger partial charge in [-0.15, -0.1) is 0 Å². The van der Waals surface area contributed by atoms with E-state index < -0.39 is 29.7 Å². The summed E-state index contributed by atoms with van der Waals surface area (Å²) in [6.07, 6.45) is 7.27. The highest BCUT2D eigenvalue weighted by atomic mass is 16.5. The van der Waals surface area contributed by atoms with Crippen LogP contribution in [0.3, 0.4) is 0 Å². The zero-order chi connectivity index (χ0) is 45.9. The molecule has 6 heterocycles. The number of hydrogen-bond donors (Lipinski definition) is 1. The van der Waals surface area contributed by atoms with E-state index in [4.69, 9.17) is 18.9 Å². The number of ether oxygens (including phenoxy) is 4.